The Morgan fingerprint density at radius 3 is 2.31 bits per heavy atom. The maximum Gasteiger partial charge on any atom is 0.341 e. The molecule has 0 fully saturated rings. The number of nitrogens with zero attached hydrogens (tertiary/aromatic N) is 4. The Kier molecular flexibility index (Phi) is 8.52. The Labute approximate surface area is 209 Å². The number of pyridine rings is 1. The predicted molar refractivity (Wildman–Crippen MR) is 135 cm³/mol. The summed E-state index contributed by atoms with van der Waals surface area (Å²) in [4.78, 5) is 37.5. The first-order valence-electron chi connectivity index (χ1n) is 11.4. The summed E-state index contributed by atoms with van der Waals surface area (Å²) in [6.07, 6.45) is 2.89. The van der Waals surface area contributed by atoms with Crippen molar-refractivity contribution in [3.8, 4) is 17.3 Å². The van der Waals surface area contributed by atoms with Crippen LogP contribution in [0.3, 0.4) is 0 Å². The number of carbonyl (C=O) groups is 2. The Bertz CT molecular complexity index is 1250. The summed E-state index contributed by atoms with van der Waals surface area (Å²) < 4.78 is 10.5. The molecule has 0 aliphatic heterocycles. The lowest BCUT2D eigenvalue weighted by molar-refractivity contribution is 0.00688. The average molecular weight is 489 g/mol. The van der Waals surface area contributed by atoms with E-state index in [0.29, 0.717) is 47.2 Å². The molecular formula is C26H28N6O4. The maximum atomic E-state index is 12.4. The minimum Gasteiger partial charge on any atom is -0.462 e. The van der Waals surface area contributed by atoms with Gasteiger partial charge >= 0.3 is 11.9 Å². The third-order valence-corrected chi connectivity index (χ3v) is 4.68. The first kappa shape index (κ1) is 26.1. The molecule has 36 heavy (non-hydrogen) atoms. The lowest BCUT2D eigenvalue weighted by Crippen LogP contribution is -2.24. The second kappa shape index (κ2) is 11.8. The van der Waals surface area contributed by atoms with Crippen LogP contribution in [0.15, 0.2) is 48.8 Å². The molecule has 0 saturated carbocycles. The fraction of sp³-hybridized carbons (Fsp3) is 0.308. The predicted octanol–water partition coefficient (Wildman–Crippen LogP) is 4.07. The number of esters is 2. The van der Waals surface area contributed by atoms with Crippen LogP contribution in [0.5, 0.6) is 0 Å². The molecule has 3 aromatic rings. The highest BCUT2D eigenvalue weighted by molar-refractivity contribution is 5.96. The molecule has 0 aliphatic rings. The summed E-state index contributed by atoms with van der Waals surface area (Å²) >= 11 is 0. The van der Waals surface area contributed by atoms with Crippen LogP contribution in [0, 0.1) is 11.3 Å². The highest BCUT2D eigenvalue weighted by Gasteiger charge is 2.19. The van der Waals surface area contributed by atoms with E-state index in [2.05, 4.69) is 31.7 Å². The minimum absolute atomic E-state index is 0.226. The van der Waals surface area contributed by atoms with Crippen molar-refractivity contribution < 1.29 is 19.1 Å². The topological polar surface area (TPSA) is 139 Å². The van der Waals surface area contributed by atoms with Crippen molar-refractivity contribution in [3.63, 3.8) is 0 Å². The van der Waals surface area contributed by atoms with Crippen molar-refractivity contribution in [2.45, 2.75) is 33.3 Å². The molecule has 0 radical (unpaired) electrons. The molecule has 0 unspecified atom stereocenters. The molecule has 2 heterocycles. The van der Waals surface area contributed by atoms with Crippen molar-refractivity contribution in [3.05, 3.63) is 65.5 Å². The SMILES string of the molecule is CCOC(=O)c1cnc(NCCNc2ccc(C(=O)OC(C)(C)C)cn2)nc1-c1ccc(C#N)cc1. The molecule has 2 N–H and O–H groups in total. The Morgan fingerprint density at radius 1 is 0.972 bits per heavy atom. The third kappa shape index (κ3) is 7.24. The molecule has 0 atom stereocenters. The van der Waals surface area contributed by atoms with E-state index in [0.717, 1.165) is 0 Å². The summed E-state index contributed by atoms with van der Waals surface area (Å²) in [5.74, 6) is -0.0194. The number of rotatable bonds is 9. The second-order valence-corrected chi connectivity index (χ2v) is 8.65. The number of carbonyl (C=O) groups excluding carboxylic acids is 2. The van der Waals surface area contributed by atoms with E-state index in [9.17, 15) is 9.59 Å². The minimum atomic E-state index is -0.573. The van der Waals surface area contributed by atoms with Crippen molar-refractivity contribution in [2.24, 2.45) is 0 Å². The molecule has 10 nitrogen and oxygen atoms in total. The van der Waals surface area contributed by atoms with Crippen LogP contribution in [0.25, 0.3) is 11.3 Å². The van der Waals surface area contributed by atoms with Gasteiger partial charge in [-0.15, -0.1) is 0 Å². The van der Waals surface area contributed by atoms with E-state index in [1.165, 1.54) is 12.4 Å². The molecule has 0 amide bonds. The Hall–Kier alpha value is -4.52. The summed E-state index contributed by atoms with van der Waals surface area (Å²) in [5, 5.41) is 15.3. The van der Waals surface area contributed by atoms with Gasteiger partial charge in [-0.05, 0) is 52.0 Å². The van der Waals surface area contributed by atoms with Crippen molar-refractivity contribution in [2.75, 3.05) is 30.3 Å². The van der Waals surface area contributed by atoms with Gasteiger partial charge in [-0.3, -0.25) is 0 Å². The van der Waals surface area contributed by atoms with Crippen LogP contribution in [-0.4, -0.2) is 52.2 Å². The monoisotopic (exact) mass is 488 g/mol. The fourth-order valence-corrected chi connectivity index (χ4v) is 3.07. The van der Waals surface area contributed by atoms with E-state index < -0.39 is 17.5 Å². The first-order valence-corrected chi connectivity index (χ1v) is 11.4. The van der Waals surface area contributed by atoms with E-state index in [4.69, 9.17) is 14.7 Å². The Balaban J connectivity index is 1.63. The lowest BCUT2D eigenvalue weighted by atomic mass is 10.1. The number of nitriles is 1. The van der Waals surface area contributed by atoms with Crippen LogP contribution in [0.4, 0.5) is 11.8 Å². The molecule has 2 aromatic heterocycles. The standard InChI is InChI=1S/C26H28N6O4/c1-5-35-24(34)20-16-31-25(32-22(20)18-8-6-17(14-27)7-9-18)29-13-12-28-21-11-10-19(15-30-21)23(33)36-26(2,3)4/h6-11,15-16H,5,12-13H2,1-4H3,(H,28,30)(H,29,31,32). The van der Waals surface area contributed by atoms with Crippen molar-refractivity contribution >= 4 is 23.7 Å². The fourth-order valence-electron chi connectivity index (χ4n) is 3.07. The van der Waals surface area contributed by atoms with Gasteiger partial charge in [0.2, 0.25) is 5.95 Å². The zero-order chi connectivity index (χ0) is 26.1. The Morgan fingerprint density at radius 2 is 1.69 bits per heavy atom. The number of hydrogen-bond acceptors (Lipinski definition) is 10. The number of ether oxygens (including phenoxy) is 2. The summed E-state index contributed by atoms with van der Waals surface area (Å²) in [5.41, 5.74) is 1.61. The highest BCUT2D eigenvalue weighted by atomic mass is 16.6. The van der Waals surface area contributed by atoms with Gasteiger partial charge in [-0.1, -0.05) is 12.1 Å². The van der Waals surface area contributed by atoms with Crippen LogP contribution in [-0.2, 0) is 9.47 Å². The molecule has 3 rings (SSSR count). The third-order valence-electron chi connectivity index (χ3n) is 4.68. The van der Waals surface area contributed by atoms with Gasteiger partial charge in [0.1, 0.15) is 17.0 Å². The zero-order valence-electron chi connectivity index (χ0n) is 20.7. The van der Waals surface area contributed by atoms with Gasteiger partial charge in [-0.2, -0.15) is 5.26 Å². The normalized spacial score (nSPS) is 10.8. The van der Waals surface area contributed by atoms with Gasteiger partial charge < -0.3 is 20.1 Å². The number of nitrogens with one attached hydrogen (secondary N) is 2. The molecule has 10 heteroatoms. The molecular weight excluding hydrogens is 460 g/mol. The quantitative estimate of drug-likeness (QED) is 0.335. The number of hydrogen-bond donors (Lipinski definition) is 2. The van der Waals surface area contributed by atoms with E-state index >= 15 is 0 Å². The van der Waals surface area contributed by atoms with Crippen LogP contribution >= 0.6 is 0 Å². The maximum absolute atomic E-state index is 12.4. The largest absolute Gasteiger partial charge is 0.462 e. The summed E-state index contributed by atoms with van der Waals surface area (Å²) in [7, 11) is 0. The first-order chi connectivity index (χ1) is 17.2. The molecule has 0 bridgehead atoms. The van der Waals surface area contributed by atoms with E-state index in [1.54, 1.807) is 43.3 Å². The van der Waals surface area contributed by atoms with Crippen molar-refractivity contribution in [1.82, 2.24) is 15.0 Å². The van der Waals surface area contributed by atoms with Gasteiger partial charge in [0.05, 0.1) is 29.5 Å². The molecule has 0 saturated heterocycles. The molecule has 0 aliphatic carbocycles. The second-order valence-electron chi connectivity index (χ2n) is 8.65. The van der Waals surface area contributed by atoms with Crippen LogP contribution < -0.4 is 10.6 Å². The summed E-state index contributed by atoms with van der Waals surface area (Å²) in [6.45, 7) is 8.33. The average Bonchev–Trinajstić information content (AvgIpc) is 2.86. The smallest absolute Gasteiger partial charge is 0.341 e. The van der Waals surface area contributed by atoms with E-state index in [1.807, 2.05) is 20.8 Å². The molecule has 1 aromatic carbocycles. The number of benzene rings is 1. The van der Waals surface area contributed by atoms with Crippen LogP contribution in [0.1, 0.15) is 54.0 Å². The highest BCUT2D eigenvalue weighted by Crippen LogP contribution is 2.24. The van der Waals surface area contributed by atoms with Crippen molar-refractivity contribution in [1.29, 1.82) is 5.26 Å². The number of anilines is 2. The summed E-state index contributed by atoms with van der Waals surface area (Å²) in [6, 6.07) is 12.2. The zero-order valence-corrected chi connectivity index (χ0v) is 20.7. The van der Waals surface area contributed by atoms with Crippen LogP contribution in [0.2, 0.25) is 0 Å². The van der Waals surface area contributed by atoms with Gasteiger partial charge in [0.25, 0.3) is 0 Å². The van der Waals surface area contributed by atoms with E-state index in [-0.39, 0.29) is 12.2 Å². The number of aromatic nitrogens is 3. The molecule has 186 valence electrons. The van der Waals surface area contributed by atoms with Gasteiger partial charge in [-0.25, -0.2) is 24.5 Å². The molecule has 0 spiro atoms. The lowest BCUT2D eigenvalue weighted by Gasteiger charge is -2.19. The van der Waals surface area contributed by atoms with Gasteiger partial charge in [0.15, 0.2) is 0 Å². The van der Waals surface area contributed by atoms with Gasteiger partial charge in [0, 0.05) is 31.0 Å².